The summed E-state index contributed by atoms with van der Waals surface area (Å²) in [5.74, 6) is -1.60. The molecule has 178 valence electrons. The van der Waals surface area contributed by atoms with Gasteiger partial charge in [0.05, 0.1) is 12.2 Å². The molecule has 1 aromatic carbocycles. The predicted molar refractivity (Wildman–Crippen MR) is 122 cm³/mol. The van der Waals surface area contributed by atoms with Gasteiger partial charge in [0.1, 0.15) is 22.4 Å². The topological polar surface area (TPSA) is 62.7 Å². The van der Waals surface area contributed by atoms with Crippen molar-refractivity contribution in [2.75, 3.05) is 33.8 Å². The molecule has 0 bridgehead atoms. The largest absolute Gasteiger partial charge is 0.478 e. The van der Waals surface area contributed by atoms with E-state index in [2.05, 4.69) is 4.98 Å². The van der Waals surface area contributed by atoms with E-state index in [1.54, 1.807) is 26.2 Å². The maximum Gasteiger partial charge on any atom is 0.259 e. The Balaban J connectivity index is 1.37. The zero-order valence-electron chi connectivity index (χ0n) is 18.8. The van der Waals surface area contributed by atoms with Crippen molar-refractivity contribution in [3.05, 3.63) is 58.2 Å². The first kappa shape index (κ1) is 24.9. The number of amides is 2. The van der Waals surface area contributed by atoms with Crippen LogP contribution in [0.15, 0.2) is 30.3 Å². The Hall–Kier alpha value is -2.74. The van der Waals surface area contributed by atoms with E-state index in [4.69, 9.17) is 16.3 Å². The van der Waals surface area contributed by atoms with Gasteiger partial charge in [0.25, 0.3) is 11.8 Å². The van der Waals surface area contributed by atoms with Crippen LogP contribution >= 0.6 is 11.6 Å². The Morgan fingerprint density at radius 3 is 2.39 bits per heavy atom. The van der Waals surface area contributed by atoms with Crippen molar-refractivity contribution in [3.8, 4) is 5.88 Å². The van der Waals surface area contributed by atoms with Crippen molar-refractivity contribution in [2.24, 2.45) is 5.92 Å². The number of likely N-dealkylation sites (tertiary alicyclic amines) is 1. The standard InChI is InChI=1S/C24H28ClF2N3O3/c1-29(2)23(31)17-9-10-20(28-22(17)25)33-15-4-3-6-16-11-13-30(14-12-16)24(32)21-18(26)7-5-8-19(21)27/h5,7-10,16H,3-4,6,11-15H2,1-2H3. The van der Waals surface area contributed by atoms with Crippen LogP contribution in [0.3, 0.4) is 0 Å². The molecule has 0 spiro atoms. The fourth-order valence-corrected chi connectivity index (χ4v) is 4.12. The first-order valence-corrected chi connectivity index (χ1v) is 11.4. The summed E-state index contributed by atoms with van der Waals surface area (Å²) in [6.45, 7) is 1.47. The zero-order valence-corrected chi connectivity index (χ0v) is 19.6. The first-order chi connectivity index (χ1) is 15.8. The SMILES string of the molecule is CN(C)C(=O)c1ccc(OCCCCC2CCN(C(=O)c3c(F)cccc3F)CC2)nc1Cl. The van der Waals surface area contributed by atoms with Gasteiger partial charge in [-0.15, -0.1) is 0 Å². The summed E-state index contributed by atoms with van der Waals surface area (Å²) in [5.41, 5.74) is -0.141. The van der Waals surface area contributed by atoms with Gasteiger partial charge in [-0.25, -0.2) is 13.8 Å². The third-order valence-corrected chi connectivity index (χ3v) is 6.08. The van der Waals surface area contributed by atoms with Crippen LogP contribution < -0.4 is 4.74 Å². The summed E-state index contributed by atoms with van der Waals surface area (Å²) in [7, 11) is 3.29. The van der Waals surface area contributed by atoms with Crippen LogP contribution in [0.1, 0.15) is 52.8 Å². The third-order valence-electron chi connectivity index (χ3n) is 5.79. The normalized spacial score (nSPS) is 14.3. The van der Waals surface area contributed by atoms with E-state index >= 15 is 0 Å². The minimum Gasteiger partial charge on any atom is -0.478 e. The summed E-state index contributed by atoms with van der Waals surface area (Å²) >= 11 is 6.09. The van der Waals surface area contributed by atoms with Crippen LogP contribution in [0, 0.1) is 17.6 Å². The Bertz CT molecular complexity index is 975. The number of piperidine rings is 1. The Morgan fingerprint density at radius 1 is 1.12 bits per heavy atom. The molecule has 1 aliphatic heterocycles. The number of benzene rings is 1. The fraction of sp³-hybridized carbons (Fsp3) is 0.458. The summed E-state index contributed by atoms with van der Waals surface area (Å²) in [4.78, 5) is 31.6. The molecule has 1 aliphatic rings. The van der Waals surface area contributed by atoms with Crippen LogP contribution in [0.2, 0.25) is 5.15 Å². The zero-order chi connectivity index (χ0) is 24.0. The second-order valence-corrected chi connectivity index (χ2v) is 8.72. The highest BCUT2D eigenvalue weighted by atomic mass is 35.5. The quantitative estimate of drug-likeness (QED) is 0.402. The molecule has 0 N–H and O–H groups in total. The predicted octanol–water partition coefficient (Wildman–Crippen LogP) is 4.82. The third kappa shape index (κ3) is 6.41. The molecule has 2 aromatic rings. The first-order valence-electron chi connectivity index (χ1n) is 11.0. The highest BCUT2D eigenvalue weighted by molar-refractivity contribution is 6.32. The number of nitrogens with zero attached hydrogens (tertiary/aromatic N) is 3. The molecule has 33 heavy (non-hydrogen) atoms. The van der Waals surface area contributed by atoms with Crippen LogP contribution in [-0.2, 0) is 0 Å². The van der Waals surface area contributed by atoms with Gasteiger partial charge in [0.15, 0.2) is 0 Å². The van der Waals surface area contributed by atoms with E-state index in [0.717, 1.165) is 44.2 Å². The van der Waals surface area contributed by atoms with Gasteiger partial charge in [-0.05, 0) is 49.8 Å². The van der Waals surface area contributed by atoms with E-state index in [1.165, 1.54) is 15.9 Å². The second-order valence-electron chi connectivity index (χ2n) is 8.36. The van der Waals surface area contributed by atoms with E-state index in [0.29, 0.717) is 37.1 Å². The van der Waals surface area contributed by atoms with Gasteiger partial charge in [0.2, 0.25) is 5.88 Å². The number of rotatable bonds is 8. The molecule has 0 atom stereocenters. The number of unbranched alkanes of at least 4 members (excludes halogenated alkanes) is 1. The molecule has 2 heterocycles. The lowest BCUT2D eigenvalue weighted by Gasteiger charge is -2.32. The van der Waals surface area contributed by atoms with Crippen LogP contribution in [0.5, 0.6) is 5.88 Å². The van der Waals surface area contributed by atoms with Crippen LogP contribution in [-0.4, -0.2) is 60.4 Å². The van der Waals surface area contributed by atoms with Crippen molar-refractivity contribution < 1.29 is 23.1 Å². The number of carbonyl (C=O) groups excluding carboxylic acids is 2. The van der Waals surface area contributed by atoms with E-state index in [-0.39, 0.29) is 11.1 Å². The number of carbonyl (C=O) groups is 2. The molecule has 0 unspecified atom stereocenters. The number of hydrogen-bond acceptors (Lipinski definition) is 4. The maximum absolute atomic E-state index is 13.9. The van der Waals surface area contributed by atoms with Crippen molar-refractivity contribution in [1.29, 1.82) is 0 Å². The summed E-state index contributed by atoms with van der Waals surface area (Å²) in [6, 6.07) is 6.70. The van der Waals surface area contributed by atoms with Gasteiger partial charge in [-0.3, -0.25) is 9.59 Å². The smallest absolute Gasteiger partial charge is 0.259 e. The monoisotopic (exact) mass is 479 g/mol. The second kappa shape index (κ2) is 11.4. The van der Waals surface area contributed by atoms with Crippen molar-refractivity contribution in [1.82, 2.24) is 14.8 Å². The van der Waals surface area contributed by atoms with Gasteiger partial charge in [-0.1, -0.05) is 24.1 Å². The molecule has 6 nitrogen and oxygen atoms in total. The Morgan fingerprint density at radius 2 is 1.79 bits per heavy atom. The molecule has 0 radical (unpaired) electrons. The molecule has 9 heteroatoms. The average Bonchev–Trinajstić information content (AvgIpc) is 2.78. The van der Waals surface area contributed by atoms with Crippen molar-refractivity contribution in [3.63, 3.8) is 0 Å². The number of halogens is 3. The number of ether oxygens (including phenoxy) is 1. The summed E-state index contributed by atoms with van der Waals surface area (Å²) in [5, 5.41) is 0.114. The molecule has 1 saturated heterocycles. The molecule has 3 rings (SSSR count). The van der Waals surface area contributed by atoms with Gasteiger partial charge < -0.3 is 14.5 Å². The lowest BCUT2D eigenvalue weighted by Crippen LogP contribution is -2.39. The molecule has 0 saturated carbocycles. The Kier molecular flexibility index (Phi) is 8.61. The van der Waals surface area contributed by atoms with Gasteiger partial charge in [-0.2, -0.15) is 0 Å². The summed E-state index contributed by atoms with van der Waals surface area (Å²) in [6.07, 6.45) is 4.38. The van der Waals surface area contributed by atoms with Crippen molar-refractivity contribution in [2.45, 2.75) is 32.1 Å². The lowest BCUT2D eigenvalue weighted by atomic mass is 9.91. The highest BCUT2D eigenvalue weighted by Gasteiger charge is 2.27. The average molecular weight is 480 g/mol. The van der Waals surface area contributed by atoms with Crippen LogP contribution in [0.25, 0.3) is 0 Å². The van der Waals surface area contributed by atoms with E-state index in [1.807, 2.05) is 0 Å². The van der Waals surface area contributed by atoms with Crippen molar-refractivity contribution >= 4 is 23.4 Å². The fourth-order valence-electron chi connectivity index (χ4n) is 3.90. The summed E-state index contributed by atoms with van der Waals surface area (Å²) < 4.78 is 33.4. The number of hydrogen-bond donors (Lipinski definition) is 0. The molecule has 0 aliphatic carbocycles. The molecule has 1 aromatic heterocycles. The molecular weight excluding hydrogens is 452 g/mol. The van der Waals surface area contributed by atoms with Gasteiger partial charge >= 0.3 is 0 Å². The molecule has 2 amide bonds. The maximum atomic E-state index is 13.9. The number of pyridine rings is 1. The minimum absolute atomic E-state index is 0.114. The molecular formula is C24H28ClF2N3O3. The number of aromatic nitrogens is 1. The van der Waals surface area contributed by atoms with Gasteiger partial charge in [0, 0.05) is 33.3 Å². The Labute approximate surface area is 197 Å². The highest BCUT2D eigenvalue weighted by Crippen LogP contribution is 2.25. The lowest BCUT2D eigenvalue weighted by molar-refractivity contribution is 0.0675. The van der Waals surface area contributed by atoms with E-state index < -0.39 is 23.1 Å². The minimum atomic E-state index is -0.822. The van der Waals surface area contributed by atoms with Crippen LogP contribution in [0.4, 0.5) is 8.78 Å². The van der Waals surface area contributed by atoms with E-state index in [9.17, 15) is 18.4 Å². The molecule has 1 fully saturated rings.